The number of benzene rings is 2. The van der Waals surface area contributed by atoms with Gasteiger partial charge in [0, 0.05) is 75.6 Å². The van der Waals surface area contributed by atoms with Crippen LogP contribution in [0.1, 0.15) is 31.8 Å². The Balaban J connectivity index is 0.00000280. The second-order valence-corrected chi connectivity index (χ2v) is 6.13. The van der Waals surface area contributed by atoms with Crippen molar-refractivity contribution in [1.82, 2.24) is 5.32 Å². The van der Waals surface area contributed by atoms with Gasteiger partial charge in [0.15, 0.2) is 5.78 Å². The van der Waals surface area contributed by atoms with Crippen LogP contribution >= 0.6 is 0 Å². The van der Waals surface area contributed by atoms with E-state index in [9.17, 15) is 14.4 Å². The molecule has 3 rings (SSSR count). The first-order chi connectivity index (χ1) is 12.9. The van der Waals surface area contributed by atoms with Gasteiger partial charge in [-0.05, 0) is 47.5 Å². The summed E-state index contributed by atoms with van der Waals surface area (Å²) in [4.78, 5) is 34.5. The van der Waals surface area contributed by atoms with Gasteiger partial charge in [0.2, 0.25) is 0 Å². The fourth-order valence-corrected chi connectivity index (χ4v) is 2.78. The predicted octanol–water partition coefficient (Wildman–Crippen LogP) is 2.34. The molecule has 0 spiro atoms. The first kappa shape index (κ1) is 22.4. The summed E-state index contributed by atoms with van der Waals surface area (Å²) in [6.07, 6.45) is 3.48. The Morgan fingerprint density at radius 1 is 0.750 bits per heavy atom. The number of hydrogen-bond acceptors (Lipinski definition) is 4. The van der Waals surface area contributed by atoms with Crippen LogP contribution in [-0.4, -0.2) is 92.4 Å². The Hall–Kier alpha value is -1.87. The van der Waals surface area contributed by atoms with Gasteiger partial charge < -0.3 is 15.5 Å². The smallest absolute Gasteiger partial charge is 0.335 e. The van der Waals surface area contributed by atoms with E-state index in [1.54, 1.807) is 36.4 Å². The van der Waals surface area contributed by atoms with E-state index in [4.69, 9.17) is 10.2 Å². The molecule has 28 heavy (non-hydrogen) atoms. The van der Waals surface area contributed by atoms with Crippen molar-refractivity contribution in [3.8, 4) is 0 Å². The maximum absolute atomic E-state index is 12.7. The van der Waals surface area contributed by atoms with E-state index in [0.717, 1.165) is 11.1 Å². The van der Waals surface area contributed by atoms with Gasteiger partial charge in [0.05, 0.1) is 11.1 Å². The van der Waals surface area contributed by atoms with E-state index in [2.05, 4.69) is 5.32 Å². The first-order valence-corrected chi connectivity index (χ1v) is 8.27. The van der Waals surface area contributed by atoms with Crippen molar-refractivity contribution in [2.24, 2.45) is 0 Å². The van der Waals surface area contributed by atoms with Gasteiger partial charge in [0.25, 0.3) is 0 Å². The molecule has 0 atom stereocenters. The summed E-state index contributed by atoms with van der Waals surface area (Å²) in [6.45, 7) is 0.851. The monoisotopic (exact) mass is 402 g/mol. The molecule has 1 radical (unpaired) electrons. The van der Waals surface area contributed by atoms with Crippen LogP contribution in [0.2, 0.25) is 0 Å². The molecule has 137 valence electrons. The molecule has 0 bridgehead atoms. The van der Waals surface area contributed by atoms with Crippen LogP contribution in [0.25, 0.3) is 12.2 Å². The molecule has 0 amide bonds. The summed E-state index contributed by atoms with van der Waals surface area (Å²) in [5.74, 6) is -2.08. The van der Waals surface area contributed by atoms with Crippen molar-refractivity contribution in [2.75, 3.05) is 13.1 Å². The van der Waals surface area contributed by atoms with Gasteiger partial charge in [-0.2, -0.15) is 0 Å². The standard InChI is InChI=1S/C21H17NO5.K/c23-19-17(9-13-1-5-15(6-2-13)20(24)25)11-22-12-18(19)10-14-3-7-16(8-4-14)21(26)27;/h1-10,22H,11-12H2,(H,24,25)(H,26,27);/b17-9+,18-10+;. The summed E-state index contributed by atoms with van der Waals surface area (Å²) < 4.78 is 0. The van der Waals surface area contributed by atoms with E-state index < -0.39 is 11.9 Å². The zero-order valence-electron chi connectivity index (χ0n) is 15.3. The predicted molar refractivity (Wildman–Crippen MR) is 106 cm³/mol. The molecule has 0 saturated carbocycles. The molecule has 0 aliphatic carbocycles. The first-order valence-electron chi connectivity index (χ1n) is 8.27. The Morgan fingerprint density at radius 3 is 1.43 bits per heavy atom. The second-order valence-electron chi connectivity index (χ2n) is 6.13. The molecule has 6 nitrogen and oxygen atoms in total. The van der Waals surface area contributed by atoms with Crippen molar-refractivity contribution >= 4 is 81.3 Å². The third-order valence-electron chi connectivity index (χ3n) is 4.21. The van der Waals surface area contributed by atoms with Crippen LogP contribution in [0.15, 0.2) is 59.7 Å². The summed E-state index contributed by atoms with van der Waals surface area (Å²) in [5, 5.41) is 21.1. The fraction of sp³-hybridized carbons (Fsp3) is 0.0952. The van der Waals surface area contributed by atoms with E-state index in [0.29, 0.717) is 24.2 Å². The number of carboxylic acid groups (broad SMARTS) is 2. The summed E-state index contributed by atoms with van der Waals surface area (Å²) in [7, 11) is 0. The van der Waals surface area contributed by atoms with E-state index >= 15 is 0 Å². The molecular formula is C21H17KNO5. The number of carboxylic acids is 2. The maximum atomic E-state index is 12.7. The summed E-state index contributed by atoms with van der Waals surface area (Å²) >= 11 is 0. The maximum Gasteiger partial charge on any atom is 0.335 e. The van der Waals surface area contributed by atoms with Gasteiger partial charge >= 0.3 is 11.9 Å². The number of piperidine rings is 1. The summed E-state index contributed by atoms with van der Waals surface area (Å²) in [6, 6.07) is 12.6. The molecule has 2 aromatic rings. The average molecular weight is 402 g/mol. The molecule has 0 unspecified atom stereocenters. The van der Waals surface area contributed by atoms with E-state index in [1.165, 1.54) is 24.3 Å². The number of aromatic carboxylic acids is 2. The van der Waals surface area contributed by atoms with Crippen LogP contribution in [0.3, 0.4) is 0 Å². The van der Waals surface area contributed by atoms with Crippen LogP contribution in [0.4, 0.5) is 0 Å². The molecule has 1 heterocycles. The minimum Gasteiger partial charge on any atom is -0.478 e. The fourth-order valence-electron chi connectivity index (χ4n) is 2.78. The molecule has 1 aliphatic rings. The molecular weight excluding hydrogens is 385 g/mol. The van der Waals surface area contributed by atoms with Crippen molar-refractivity contribution in [3.05, 3.63) is 81.9 Å². The van der Waals surface area contributed by atoms with Gasteiger partial charge in [0.1, 0.15) is 0 Å². The van der Waals surface area contributed by atoms with E-state index in [1.807, 2.05) is 0 Å². The minimum atomic E-state index is -0.997. The topological polar surface area (TPSA) is 104 Å². The van der Waals surface area contributed by atoms with Crippen LogP contribution in [0.5, 0.6) is 0 Å². The number of nitrogens with one attached hydrogen (secondary N) is 1. The van der Waals surface area contributed by atoms with Gasteiger partial charge in [-0.3, -0.25) is 4.79 Å². The molecule has 7 heteroatoms. The normalized spacial score (nSPS) is 16.6. The van der Waals surface area contributed by atoms with Gasteiger partial charge in [-0.15, -0.1) is 0 Å². The Labute approximate surface area is 204 Å². The zero-order valence-corrected chi connectivity index (χ0v) is 18.4. The van der Waals surface area contributed by atoms with Crippen molar-refractivity contribution in [3.63, 3.8) is 0 Å². The van der Waals surface area contributed by atoms with Crippen LogP contribution < -0.4 is 5.32 Å². The summed E-state index contributed by atoms with van der Waals surface area (Å²) in [5.41, 5.74) is 3.04. The molecule has 1 fully saturated rings. The second kappa shape index (κ2) is 10.1. The minimum absolute atomic E-state index is 0. The van der Waals surface area contributed by atoms with Crippen LogP contribution in [0, 0.1) is 0 Å². The molecule has 2 aromatic carbocycles. The SMILES string of the molecule is O=C1/C(=C/c2ccc(C(=O)O)cc2)CNC/C1=C\c1ccc(C(=O)O)cc1.[K]. The van der Waals surface area contributed by atoms with Crippen molar-refractivity contribution in [2.45, 2.75) is 0 Å². The zero-order chi connectivity index (χ0) is 19.4. The quantitative estimate of drug-likeness (QED) is 0.536. The number of carbonyl (C=O) groups excluding carboxylic acids is 1. The number of ketones is 1. The third kappa shape index (κ3) is 5.57. The van der Waals surface area contributed by atoms with Crippen molar-refractivity contribution < 1.29 is 24.6 Å². The number of carbonyl (C=O) groups is 3. The van der Waals surface area contributed by atoms with Gasteiger partial charge in [-0.25, -0.2) is 9.59 Å². The van der Waals surface area contributed by atoms with E-state index in [-0.39, 0.29) is 68.3 Å². The van der Waals surface area contributed by atoms with Gasteiger partial charge in [-0.1, -0.05) is 24.3 Å². The van der Waals surface area contributed by atoms with Crippen molar-refractivity contribution in [1.29, 1.82) is 0 Å². The largest absolute Gasteiger partial charge is 0.478 e. The molecule has 3 N–H and O–H groups in total. The molecule has 1 aliphatic heterocycles. The molecule has 1 saturated heterocycles. The average Bonchev–Trinajstić information content (AvgIpc) is 2.66. The number of Topliss-reactive ketones (excluding diaryl/α,β-unsaturated/α-hetero) is 1. The van der Waals surface area contributed by atoms with Crippen LogP contribution in [-0.2, 0) is 4.79 Å². The number of rotatable bonds is 4. The number of hydrogen-bond donors (Lipinski definition) is 3. The Bertz CT molecular complexity index is 882. The Kier molecular flexibility index (Phi) is 8.05. The molecule has 0 aromatic heterocycles. The Morgan fingerprint density at radius 2 is 1.11 bits per heavy atom. The third-order valence-corrected chi connectivity index (χ3v) is 4.21.